The molecule has 20 nitrogen and oxygen atoms in total. The number of fused-ring (bicyclic) bond motifs is 1. The van der Waals surface area contributed by atoms with E-state index in [9.17, 15) is 24.0 Å². The van der Waals surface area contributed by atoms with Crippen molar-refractivity contribution in [2.24, 2.45) is 5.11 Å². The molecular formula is C50H66N8O12. The summed E-state index contributed by atoms with van der Waals surface area (Å²) >= 11 is 0. The molecule has 0 unspecified atom stereocenters. The molecule has 378 valence electrons. The molecule has 0 saturated carbocycles. The number of esters is 1. The average molecular weight is 971 g/mol. The Kier molecular flexibility index (Phi) is 24.6. The molecule has 0 aliphatic heterocycles. The second kappa shape index (κ2) is 30.7. The number of nitrogens with zero attached hydrogens (tertiary/aromatic N) is 5. The summed E-state index contributed by atoms with van der Waals surface area (Å²) in [6.45, 7) is 11.5. The van der Waals surface area contributed by atoms with Gasteiger partial charge in [-0.1, -0.05) is 59.7 Å². The number of amides is 4. The summed E-state index contributed by atoms with van der Waals surface area (Å²) in [5.41, 5.74) is 11.3. The zero-order valence-corrected chi connectivity index (χ0v) is 40.7. The molecule has 3 aromatic carbocycles. The third-order valence-corrected chi connectivity index (χ3v) is 10.2. The van der Waals surface area contributed by atoms with Crippen LogP contribution in [0.3, 0.4) is 0 Å². The molecule has 70 heavy (non-hydrogen) atoms. The van der Waals surface area contributed by atoms with E-state index in [-0.39, 0.29) is 38.3 Å². The Morgan fingerprint density at radius 2 is 1.40 bits per heavy atom. The van der Waals surface area contributed by atoms with Gasteiger partial charge in [0, 0.05) is 42.7 Å². The second-order valence-corrected chi connectivity index (χ2v) is 16.7. The van der Waals surface area contributed by atoms with E-state index in [1.165, 1.54) is 12.0 Å². The van der Waals surface area contributed by atoms with E-state index >= 15 is 0 Å². The fourth-order valence-corrected chi connectivity index (χ4v) is 6.80. The van der Waals surface area contributed by atoms with Gasteiger partial charge in [0.1, 0.15) is 11.4 Å². The van der Waals surface area contributed by atoms with Crippen molar-refractivity contribution in [3.8, 4) is 11.1 Å². The second-order valence-electron chi connectivity index (χ2n) is 16.7. The van der Waals surface area contributed by atoms with Gasteiger partial charge in [-0.15, -0.1) is 0 Å². The lowest BCUT2D eigenvalue weighted by atomic mass is 9.93. The van der Waals surface area contributed by atoms with Crippen molar-refractivity contribution in [3.63, 3.8) is 0 Å². The number of nitrogens with one attached hydrogen (secondary N) is 3. The Hall–Kier alpha value is -6.67. The number of pyridine rings is 1. The molecule has 0 aliphatic rings. The summed E-state index contributed by atoms with van der Waals surface area (Å²) in [6.07, 6.45) is 1.17. The molecule has 20 heteroatoms. The standard InChI is InChI=1S/C50H66N8O12/c1-36-18-19-52-44(33-36)58(49(63)70-50(2,3)4)22-8-11-45(59)54-35-46(60)56-43(34-47(61)64-5)38-14-12-37(13-15-38)39-16-17-42(41-10-7-6-9-40(39)41)48(62)53-20-23-65-25-27-67-29-31-69-32-30-68-28-26-66-24-21-55-57-51/h6-7,9-10,12-19,33,43H,8,11,20-32,34-35H2,1-5H3,(H,53,62)(H,54,59)(H,56,60)/t43-/m0/s1. The van der Waals surface area contributed by atoms with Crippen molar-refractivity contribution in [3.05, 3.63) is 106 Å². The molecule has 0 aliphatic carbocycles. The third kappa shape index (κ3) is 20.5. The minimum Gasteiger partial charge on any atom is -0.469 e. The van der Waals surface area contributed by atoms with Crippen LogP contribution >= 0.6 is 0 Å². The topological polar surface area (TPSA) is 251 Å². The minimum atomic E-state index is -0.757. The molecule has 4 aromatic rings. The number of carbonyl (C=O) groups is 5. The first-order valence-corrected chi connectivity index (χ1v) is 23.2. The first-order valence-electron chi connectivity index (χ1n) is 23.2. The Labute approximate surface area is 408 Å². The molecule has 0 spiro atoms. The van der Waals surface area contributed by atoms with Crippen LogP contribution in [0.5, 0.6) is 0 Å². The van der Waals surface area contributed by atoms with Crippen LogP contribution in [0, 0.1) is 6.92 Å². The van der Waals surface area contributed by atoms with Gasteiger partial charge < -0.3 is 49.1 Å². The van der Waals surface area contributed by atoms with Gasteiger partial charge >= 0.3 is 12.1 Å². The van der Waals surface area contributed by atoms with Crippen LogP contribution in [0.25, 0.3) is 32.3 Å². The number of aryl methyl sites for hydroxylation is 1. The Bertz CT molecular complexity index is 2340. The Balaban J connectivity index is 1.22. The number of carbonyl (C=O) groups excluding carboxylic acids is 5. The zero-order chi connectivity index (χ0) is 50.6. The largest absolute Gasteiger partial charge is 0.469 e. The highest BCUT2D eigenvalue weighted by molar-refractivity contribution is 6.11. The van der Waals surface area contributed by atoms with Crippen molar-refractivity contribution in [1.29, 1.82) is 0 Å². The lowest BCUT2D eigenvalue weighted by molar-refractivity contribution is -0.141. The maximum absolute atomic E-state index is 13.3. The summed E-state index contributed by atoms with van der Waals surface area (Å²) in [6, 6.07) is 21.5. The van der Waals surface area contributed by atoms with Gasteiger partial charge in [-0.2, -0.15) is 0 Å². The quantitative estimate of drug-likeness (QED) is 0.0163. The summed E-state index contributed by atoms with van der Waals surface area (Å²) in [7, 11) is 1.27. The molecule has 4 rings (SSSR count). The predicted molar refractivity (Wildman–Crippen MR) is 262 cm³/mol. The molecule has 0 fully saturated rings. The summed E-state index contributed by atoms with van der Waals surface area (Å²) in [5, 5.41) is 13.4. The lowest BCUT2D eigenvalue weighted by Gasteiger charge is -2.27. The average Bonchev–Trinajstić information content (AvgIpc) is 3.34. The highest BCUT2D eigenvalue weighted by Crippen LogP contribution is 2.32. The molecule has 3 N–H and O–H groups in total. The van der Waals surface area contributed by atoms with Crippen molar-refractivity contribution in [2.75, 3.05) is 104 Å². The molecule has 1 heterocycles. The van der Waals surface area contributed by atoms with Crippen LogP contribution in [0.1, 0.15) is 67.6 Å². The maximum atomic E-state index is 13.3. The van der Waals surface area contributed by atoms with E-state index in [1.54, 1.807) is 39.1 Å². The van der Waals surface area contributed by atoms with Crippen LogP contribution in [-0.4, -0.2) is 140 Å². The van der Waals surface area contributed by atoms with Crippen molar-refractivity contribution in [2.45, 2.75) is 58.6 Å². The maximum Gasteiger partial charge on any atom is 0.416 e. The fraction of sp³-hybridized carbons (Fsp3) is 0.480. The summed E-state index contributed by atoms with van der Waals surface area (Å²) in [4.78, 5) is 73.1. The van der Waals surface area contributed by atoms with Gasteiger partial charge in [-0.3, -0.25) is 24.1 Å². The number of hydrogen-bond donors (Lipinski definition) is 3. The molecule has 4 amide bonds. The van der Waals surface area contributed by atoms with Crippen LogP contribution in [0.15, 0.2) is 84.1 Å². The first-order chi connectivity index (χ1) is 33.8. The Morgan fingerprint density at radius 3 is 2.01 bits per heavy atom. The molecular weight excluding hydrogens is 905 g/mol. The van der Waals surface area contributed by atoms with E-state index in [1.807, 2.05) is 67.6 Å². The summed E-state index contributed by atoms with van der Waals surface area (Å²) < 4.78 is 37.8. The SMILES string of the molecule is COC(=O)C[C@H](NC(=O)CNC(=O)CCCN(C(=O)OC(C)(C)C)c1cc(C)ccn1)c1ccc(-c2ccc(C(=O)NCCOCCOCCOCCOCCOCCN=[N+]=[N-])c3ccccc23)cc1. The van der Waals surface area contributed by atoms with Crippen LogP contribution in [0.4, 0.5) is 10.6 Å². The fourth-order valence-electron chi connectivity index (χ4n) is 6.80. The molecule has 0 saturated heterocycles. The van der Waals surface area contributed by atoms with Gasteiger partial charge in [-0.05, 0) is 90.9 Å². The van der Waals surface area contributed by atoms with Gasteiger partial charge in [0.2, 0.25) is 11.8 Å². The zero-order valence-electron chi connectivity index (χ0n) is 40.7. The lowest BCUT2D eigenvalue weighted by Crippen LogP contribution is -2.40. The van der Waals surface area contributed by atoms with E-state index < -0.39 is 35.5 Å². The highest BCUT2D eigenvalue weighted by Gasteiger charge is 2.25. The third-order valence-electron chi connectivity index (χ3n) is 10.2. The number of ether oxygens (including phenoxy) is 7. The highest BCUT2D eigenvalue weighted by atomic mass is 16.6. The minimum absolute atomic E-state index is 0.0257. The van der Waals surface area contributed by atoms with Gasteiger partial charge in [-0.25, -0.2) is 9.78 Å². The molecule has 1 atom stereocenters. The number of rotatable bonds is 31. The van der Waals surface area contributed by atoms with Crippen molar-refractivity contribution >= 4 is 46.4 Å². The smallest absolute Gasteiger partial charge is 0.416 e. The molecule has 1 aromatic heterocycles. The number of benzene rings is 3. The number of hydrogen-bond acceptors (Lipinski definition) is 14. The van der Waals surface area contributed by atoms with Crippen LogP contribution in [0.2, 0.25) is 0 Å². The normalized spacial score (nSPS) is 11.6. The molecule has 0 bridgehead atoms. The number of aromatic nitrogens is 1. The van der Waals surface area contributed by atoms with Crippen molar-refractivity contribution < 1.29 is 57.1 Å². The number of azide groups is 1. The van der Waals surface area contributed by atoms with Crippen LogP contribution < -0.4 is 20.9 Å². The van der Waals surface area contributed by atoms with Crippen LogP contribution in [-0.2, 0) is 47.5 Å². The monoisotopic (exact) mass is 970 g/mol. The predicted octanol–water partition coefficient (Wildman–Crippen LogP) is 6.39. The number of methoxy groups -OCH3 is 1. The first kappa shape index (κ1) is 55.9. The molecule has 0 radical (unpaired) electrons. The van der Waals surface area contributed by atoms with E-state index in [0.29, 0.717) is 96.1 Å². The van der Waals surface area contributed by atoms with E-state index in [2.05, 4.69) is 31.0 Å². The van der Waals surface area contributed by atoms with Gasteiger partial charge in [0.05, 0.1) is 92.2 Å². The number of anilines is 1. The summed E-state index contributed by atoms with van der Waals surface area (Å²) in [5.74, 6) is -1.28. The van der Waals surface area contributed by atoms with Gasteiger partial charge in [0.15, 0.2) is 0 Å². The van der Waals surface area contributed by atoms with E-state index in [0.717, 1.165) is 27.5 Å². The Morgan fingerprint density at radius 1 is 0.771 bits per heavy atom. The van der Waals surface area contributed by atoms with Crippen molar-refractivity contribution in [1.82, 2.24) is 20.9 Å². The van der Waals surface area contributed by atoms with Gasteiger partial charge in [0.25, 0.3) is 5.91 Å². The van der Waals surface area contributed by atoms with E-state index in [4.69, 9.17) is 38.7 Å².